The van der Waals surface area contributed by atoms with Crippen molar-refractivity contribution in [2.75, 3.05) is 11.4 Å². The molecule has 0 radical (unpaired) electrons. The van der Waals surface area contributed by atoms with Crippen molar-refractivity contribution in [3.8, 4) is 10.4 Å². The maximum atomic E-state index is 14.6. The number of primary amides is 1. The van der Waals surface area contributed by atoms with E-state index in [1.165, 1.54) is 34.1 Å². The number of likely N-dealkylation sites (tertiary alicyclic amines) is 1. The second-order valence-electron chi connectivity index (χ2n) is 24.7. The lowest BCUT2D eigenvalue weighted by molar-refractivity contribution is -0.144. The average Bonchev–Trinajstić information content (AvgIpc) is 1.61. The summed E-state index contributed by atoms with van der Waals surface area (Å²) >= 11 is 1.56. The number of nitrogens with two attached hydrogens (primary N) is 1. The number of benzene rings is 5. The molecule has 90 heavy (non-hydrogen) atoms. The number of hydrogen-bond acceptors (Lipinski definition) is 13. The van der Waals surface area contributed by atoms with Gasteiger partial charge in [0.1, 0.15) is 29.9 Å². The number of nitrogens with one attached hydrogen (secondary N) is 5. The molecule has 24 heteroatoms. The molecule has 5 aromatic carbocycles. The highest BCUT2D eigenvalue weighted by atomic mass is 32.1. The standard InChI is InChI=1S/C66H74N9O13PS/c1-36-58(90-35-69-36)42-18-15-38(16-19-42)32-68-61(80)53-31-47(76)33-74(53)64(83)59(66(3,4)5)73-56(78)14-8-10-40-9-6-12-43-27-39(17-22-48(40)43)34-88-37(2)49(25-26-55(67)77)71-62(81)54-30-44-13-7-11-41-20-24-51(63(82)75(54)57(41)44)72-60(79)52-29-46-28-45(21-23-50(46)70-52)65(84)89(85,86)87/h6-7,9,11-13,15-19,21-23,27-29,35,37,47,49,51,53-54,59,70,76H,8,10,14,20,24-26,30-34H2,1-5H3,(H2,67,77)(H,68,80)(H,71,81)(H,72,79)(H,73,78)(H2,85,86,87)/t37-,47-,49+,51+,53+,54+,59-/m1/s1. The number of fused-ring (bicyclic) bond motifs is 2. The van der Waals surface area contributed by atoms with Gasteiger partial charge in [0.25, 0.3) is 11.4 Å². The summed E-state index contributed by atoms with van der Waals surface area (Å²) in [5.41, 5.74) is 12.4. The zero-order chi connectivity index (χ0) is 64.3. The van der Waals surface area contributed by atoms with E-state index in [0.29, 0.717) is 35.9 Å². The first-order valence-corrected chi connectivity index (χ1v) is 32.5. The van der Waals surface area contributed by atoms with E-state index in [1.807, 2.05) is 107 Å². The van der Waals surface area contributed by atoms with Crippen molar-refractivity contribution in [1.82, 2.24) is 36.1 Å². The minimum Gasteiger partial charge on any atom is -0.391 e. The zero-order valence-corrected chi connectivity index (χ0v) is 52.3. The van der Waals surface area contributed by atoms with E-state index in [4.69, 9.17) is 10.5 Å². The lowest BCUT2D eigenvalue weighted by Gasteiger charge is -2.35. The number of rotatable bonds is 23. The Balaban J connectivity index is 0.737. The van der Waals surface area contributed by atoms with Crippen LogP contribution < -0.4 is 31.9 Å². The Morgan fingerprint density at radius 3 is 2.34 bits per heavy atom. The highest BCUT2D eigenvalue weighted by Crippen LogP contribution is 2.41. The molecule has 3 aliphatic rings. The van der Waals surface area contributed by atoms with Crippen LogP contribution in [0.15, 0.2) is 109 Å². The Morgan fingerprint density at radius 2 is 1.62 bits per heavy atom. The molecule has 22 nitrogen and oxygen atoms in total. The van der Waals surface area contributed by atoms with E-state index in [0.717, 1.165) is 54.7 Å². The number of amides is 7. The number of aromatic nitrogens is 2. The molecule has 2 aromatic heterocycles. The molecule has 7 amide bonds. The number of carbonyl (C=O) groups excluding carboxylic acids is 8. The number of aliphatic hydroxyl groups is 1. The van der Waals surface area contributed by atoms with Crippen LogP contribution in [0.25, 0.3) is 32.1 Å². The van der Waals surface area contributed by atoms with Crippen molar-refractivity contribution in [3.63, 3.8) is 0 Å². The molecule has 10 rings (SSSR count). The summed E-state index contributed by atoms with van der Waals surface area (Å²) in [5.74, 6) is -3.37. The van der Waals surface area contributed by atoms with Crippen molar-refractivity contribution in [2.45, 2.75) is 148 Å². The van der Waals surface area contributed by atoms with Crippen LogP contribution in [0.3, 0.4) is 0 Å². The van der Waals surface area contributed by atoms with Gasteiger partial charge in [-0.05, 0) is 126 Å². The zero-order valence-electron chi connectivity index (χ0n) is 50.6. The highest BCUT2D eigenvalue weighted by molar-refractivity contribution is 7.70. The lowest BCUT2D eigenvalue weighted by atomic mass is 9.85. The molecule has 0 saturated carbocycles. The Kier molecular flexibility index (Phi) is 19.3. The summed E-state index contributed by atoms with van der Waals surface area (Å²) in [4.78, 5) is 139. The van der Waals surface area contributed by atoms with Crippen molar-refractivity contribution >= 4 is 93.2 Å². The molecule has 7 aromatic rings. The number of hydrogen-bond donors (Lipinski definition) is 9. The van der Waals surface area contributed by atoms with Crippen LogP contribution in [-0.2, 0) is 70.5 Å². The van der Waals surface area contributed by atoms with Crippen LogP contribution in [0.5, 0.6) is 0 Å². The molecule has 0 aliphatic carbocycles. The predicted octanol–water partition coefficient (Wildman–Crippen LogP) is 6.56. The van der Waals surface area contributed by atoms with Gasteiger partial charge in [-0.1, -0.05) is 93.6 Å². The maximum absolute atomic E-state index is 14.6. The normalized spacial score (nSPS) is 18.4. The number of aryl methyl sites for hydroxylation is 3. The largest absolute Gasteiger partial charge is 0.396 e. The smallest absolute Gasteiger partial charge is 0.391 e. The van der Waals surface area contributed by atoms with Gasteiger partial charge >= 0.3 is 7.60 Å². The quantitative estimate of drug-likeness (QED) is 0.0307. The second-order valence-corrected chi connectivity index (χ2v) is 27.0. The van der Waals surface area contributed by atoms with E-state index in [9.17, 15) is 57.8 Å². The summed E-state index contributed by atoms with van der Waals surface area (Å²) < 4.78 is 18.1. The second kappa shape index (κ2) is 26.9. The van der Waals surface area contributed by atoms with E-state index < -0.39 is 90.5 Å². The third-order valence-electron chi connectivity index (χ3n) is 17.1. The Bertz CT molecular complexity index is 3990. The number of para-hydroxylation sites is 1. The Labute approximate surface area is 523 Å². The van der Waals surface area contributed by atoms with E-state index >= 15 is 0 Å². The van der Waals surface area contributed by atoms with Crippen molar-refractivity contribution in [1.29, 1.82) is 0 Å². The van der Waals surface area contributed by atoms with Crippen molar-refractivity contribution in [2.24, 2.45) is 11.1 Å². The van der Waals surface area contributed by atoms with Gasteiger partial charge in [-0.2, -0.15) is 0 Å². The Hall–Kier alpha value is -8.44. The molecular weight excluding hydrogens is 1190 g/mol. The van der Waals surface area contributed by atoms with Crippen LogP contribution in [0.2, 0.25) is 0 Å². The third kappa shape index (κ3) is 14.6. The van der Waals surface area contributed by atoms with Crippen LogP contribution in [-0.4, -0.2) is 126 Å². The molecule has 7 atom stereocenters. The average molecular weight is 1260 g/mol. The number of ether oxygens (including phenoxy) is 1. The fraction of sp³-hybridized carbons (Fsp3) is 0.379. The van der Waals surface area contributed by atoms with E-state index in [-0.39, 0.29) is 81.3 Å². The number of thiazole rings is 1. The van der Waals surface area contributed by atoms with Crippen LogP contribution in [0.1, 0.15) is 121 Å². The summed E-state index contributed by atoms with van der Waals surface area (Å²) in [6.45, 7) is 9.61. The lowest BCUT2D eigenvalue weighted by Crippen LogP contribution is -2.57. The summed E-state index contributed by atoms with van der Waals surface area (Å²) in [5, 5.41) is 24.8. The van der Waals surface area contributed by atoms with Gasteiger partial charge in [-0.15, -0.1) is 11.3 Å². The van der Waals surface area contributed by atoms with Crippen LogP contribution in [0, 0.1) is 12.3 Å². The van der Waals surface area contributed by atoms with Crippen molar-refractivity contribution < 1.29 is 62.6 Å². The molecule has 0 spiro atoms. The molecule has 472 valence electrons. The number of aliphatic hydroxyl groups excluding tert-OH is 1. The van der Waals surface area contributed by atoms with E-state index in [1.54, 1.807) is 23.8 Å². The maximum Gasteiger partial charge on any atom is 0.396 e. The van der Waals surface area contributed by atoms with E-state index in [2.05, 4.69) is 31.2 Å². The topological polar surface area (TPSA) is 333 Å². The van der Waals surface area contributed by atoms with Gasteiger partial charge in [0, 0.05) is 55.2 Å². The molecular formula is C66H74N9O13PS. The van der Waals surface area contributed by atoms with Crippen LogP contribution in [0.4, 0.5) is 5.69 Å². The molecule has 3 aliphatic heterocycles. The number of nitrogens with zero attached hydrogens (tertiary/aromatic N) is 3. The van der Waals surface area contributed by atoms with Gasteiger partial charge in [-0.25, -0.2) is 4.98 Å². The van der Waals surface area contributed by atoms with Gasteiger partial charge in [0.05, 0.1) is 46.6 Å². The summed E-state index contributed by atoms with van der Waals surface area (Å²) in [6, 6.07) is 25.9. The SMILES string of the molecule is Cc1ncsc1-c1ccc(CNC(=O)[C@@H]2C[C@@H](O)CN2C(=O)[C@@H](NC(=O)CCCc2cccc3cc(CO[C@H](C)[C@H](CCC(N)=O)NC(=O)[C@@H]4Cc5cccc6c5N4C(=O)[C@@H](NC(=O)c4cc5cc(C(=O)P(=O)(O)O)ccc5[nH]4)CC6)ccc23)C(C)(C)C)cc1. The minimum absolute atomic E-state index is 0.0346. The van der Waals surface area contributed by atoms with Crippen LogP contribution >= 0.6 is 18.9 Å². The summed E-state index contributed by atoms with van der Waals surface area (Å²) in [6.07, 6.45) is 0.541. The number of aromatic amines is 1. The molecule has 0 bridgehead atoms. The fourth-order valence-electron chi connectivity index (χ4n) is 12.3. The fourth-order valence-corrected chi connectivity index (χ4v) is 13.6. The van der Waals surface area contributed by atoms with Gasteiger partial charge in [0.2, 0.25) is 35.4 Å². The summed E-state index contributed by atoms with van der Waals surface area (Å²) in [7, 11) is -5.06. The first-order chi connectivity index (χ1) is 42.8. The Morgan fingerprint density at radius 1 is 0.878 bits per heavy atom. The predicted molar refractivity (Wildman–Crippen MR) is 339 cm³/mol. The highest BCUT2D eigenvalue weighted by Gasteiger charge is 2.46. The number of H-pyrrole nitrogens is 1. The molecule has 5 heterocycles. The molecule has 10 N–H and O–H groups in total. The number of carbonyl (C=O) groups is 8. The first-order valence-electron chi connectivity index (χ1n) is 30.0. The minimum atomic E-state index is -5.06. The number of anilines is 1. The monoisotopic (exact) mass is 1260 g/mol. The molecule has 0 unspecified atom stereocenters. The number of β-amino-alcohol motifs (C(OH)–C–C–N with tert-alkyl or cyclic N) is 1. The van der Waals surface area contributed by atoms with Gasteiger partial charge in [0.15, 0.2) is 0 Å². The third-order valence-corrected chi connectivity index (χ3v) is 18.9. The van der Waals surface area contributed by atoms with Crippen molar-refractivity contribution in [3.05, 3.63) is 153 Å². The van der Waals surface area contributed by atoms with Gasteiger partial charge < -0.3 is 56.5 Å². The first kappa shape index (κ1) is 64.5. The molecule has 1 saturated heterocycles. The molecule has 1 fully saturated rings. The van der Waals surface area contributed by atoms with Gasteiger partial charge in [-0.3, -0.25) is 47.8 Å².